The molecule has 4 rings (SSSR count). The van der Waals surface area contributed by atoms with E-state index in [2.05, 4.69) is 20.2 Å². The summed E-state index contributed by atoms with van der Waals surface area (Å²) in [7, 11) is 0. The monoisotopic (exact) mass is 367 g/mol. The maximum atomic E-state index is 12.7. The number of rotatable bonds is 5. The number of fused-ring (bicyclic) bond motifs is 1. The Morgan fingerprint density at radius 1 is 1.22 bits per heavy atom. The van der Waals surface area contributed by atoms with Crippen molar-refractivity contribution in [2.24, 2.45) is 5.92 Å². The van der Waals surface area contributed by atoms with Gasteiger partial charge in [0, 0.05) is 49.8 Å². The van der Waals surface area contributed by atoms with Gasteiger partial charge in [-0.2, -0.15) is 15.2 Å². The van der Waals surface area contributed by atoms with Crippen molar-refractivity contribution in [2.45, 2.75) is 46.1 Å². The van der Waals surface area contributed by atoms with Gasteiger partial charge in [-0.25, -0.2) is 9.50 Å². The first kappa shape index (κ1) is 17.6. The summed E-state index contributed by atoms with van der Waals surface area (Å²) in [6.45, 7) is 6.60. The maximum Gasteiger partial charge on any atom is 0.252 e. The summed E-state index contributed by atoms with van der Waals surface area (Å²) in [6.07, 6.45) is 8.60. The largest absolute Gasteiger partial charge is 0.343 e. The predicted octanol–water partition coefficient (Wildman–Crippen LogP) is 1.81. The molecule has 1 aliphatic rings. The van der Waals surface area contributed by atoms with Gasteiger partial charge in [-0.3, -0.25) is 9.48 Å². The third kappa shape index (κ3) is 3.70. The number of likely N-dealkylation sites (tertiary alicyclic amines) is 1. The first-order chi connectivity index (χ1) is 13.1. The van der Waals surface area contributed by atoms with E-state index in [4.69, 9.17) is 0 Å². The molecule has 0 atom stereocenters. The summed E-state index contributed by atoms with van der Waals surface area (Å²) in [4.78, 5) is 23.3. The minimum Gasteiger partial charge on any atom is -0.343 e. The van der Waals surface area contributed by atoms with E-state index >= 15 is 0 Å². The fourth-order valence-corrected chi connectivity index (χ4v) is 3.95. The highest BCUT2D eigenvalue weighted by Crippen LogP contribution is 2.21. The van der Waals surface area contributed by atoms with Crippen LogP contribution in [0.5, 0.6) is 0 Å². The number of piperidine rings is 1. The molecule has 0 saturated carbocycles. The van der Waals surface area contributed by atoms with Crippen LogP contribution in [0.3, 0.4) is 0 Å². The fourth-order valence-electron chi connectivity index (χ4n) is 3.95. The molecule has 3 aromatic heterocycles. The molecule has 142 valence electrons. The van der Waals surface area contributed by atoms with Crippen molar-refractivity contribution >= 4 is 11.7 Å². The van der Waals surface area contributed by atoms with Crippen molar-refractivity contribution in [1.29, 1.82) is 0 Å². The average molecular weight is 367 g/mol. The lowest BCUT2D eigenvalue weighted by Gasteiger charge is -2.32. The molecule has 8 nitrogen and oxygen atoms in total. The van der Waals surface area contributed by atoms with Crippen LogP contribution in [0.15, 0.2) is 24.8 Å². The van der Waals surface area contributed by atoms with Gasteiger partial charge >= 0.3 is 0 Å². The highest BCUT2D eigenvalue weighted by atomic mass is 16.2. The Hall–Kier alpha value is -2.77. The first-order valence-electron chi connectivity index (χ1n) is 9.53. The Bertz CT molecular complexity index is 923. The van der Waals surface area contributed by atoms with E-state index in [0.29, 0.717) is 24.5 Å². The van der Waals surface area contributed by atoms with Gasteiger partial charge in [0.1, 0.15) is 6.33 Å². The van der Waals surface area contributed by atoms with Gasteiger partial charge in [0.05, 0.1) is 0 Å². The lowest BCUT2D eigenvalue weighted by molar-refractivity contribution is -0.132. The smallest absolute Gasteiger partial charge is 0.252 e. The number of aromatic nitrogens is 6. The minimum absolute atomic E-state index is 0.227. The summed E-state index contributed by atoms with van der Waals surface area (Å²) in [6, 6.07) is 1.95. The summed E-state index contributed by atoms with van der Waals surface area (Å²) in [5, 5.41) is 8.50. The molecule has 0 aliphatic carbocycles. The van der Waals surface area contributed by atoms with Crippen molar-refractivity contribution < 1.29 is 4.79 Å². The van der Waals surface area contributed by atoms with Crippen molar-refractivity contribution in [3.8, 4) is 0 Å². The number of carbonyl (C=O) groups excluding carboxylic acids is 1. The van der Waals surface area contributed by atoms with Crippen LogP contribution in [0.2, 0.25) is 0 Å². The zero-order chi connectivity index (χ0) is 18.8. The summed E-state index contributed by atoms with van der Waals surface area (Å²) in [5.74, 6) is 1.43. The number of nitrogens with zero attached hydrogens (tertiary/aromatic N) is 7. The van der Waals surface area contributed by atoms with Crippen LogP contribution in [0, 0.1) is 19.8 Å². The fraction of sp³-hybridized carbons (Fsp3) is 0.526. The zero-order valence-corrected chi connectivity index (χ0v) is 15.9. The molecule has 0 aromatic carbocycles. The molecule has 1 amide bonds. The molecule has 1 aliphatic heterocycles. The van der Waals surface area contributed by atoms with Crippen molar-refractivity contribution in [2.75, 3.05) is 13.1 Å². The molecule has 3 aromatic rings. The third-order valence-electron chi connectivity index (χ3n) is 5.55. The number of amides is 1. The quantitative estimate of drug-likeness (QED) is 0.687. The SMILES string of the molecule is Cc1nc2ncnn2c(C)c1CCC(=O)N1CCC(Cn2cccn2)CC1. The summed E-state index contributed by atoms with van der Waals surface area (Å²) >= 11 is 0. The molecule has 0 bridgehead atoms. The van der Waals surface area contributed by atoms with Gasteiger partial charge in [-0.1, -0.05) is 0 Å². The zero-order valence-electron chi connectivity index (χ0n) is 15.9. The highest BCUT2D eigenvalue weighted by Gasteiger charge is 2.23. The van der Waals surface area contributed by atoms with Gasteiger partial charge in [-0.05, 0) is 50.7 Å². The Morgan fingerprint density at radius 3 is 2.78 bits per heavy atom. The third-order valence-corrected chi connectivity index (χ3v) is 5.55. The molecular formula is C19H25N7O. The summed E-state index contributed by atoms with van der Waals surface area (Å²) < 4.78 is 3.73. The van der Waals surface area contributed by atoms with Crippen molar-refractivity contribution in [3.05, 3.63) is 41.7 Å². The van der Waals surface area contributed by atoms with E-state index in [9.17, 15) is 4.79 Å². The van der Waals surface area contributed by atoms with Crippen LogP contribution in [0.4, 0.5) is 0 Å². The molecule has 0 radical (unpaired) electrons. The highest BCUT2D eigenvalue weighted by molar-refractivity contribution is 5.76. The van der Waals surface area contributed by atoms with Crippen LogP contribution in [-0.4, -0.2) is 53.3 Å². The van der Waals surface area contributed by atoms with Gasteiger partial charge in [-0.15, -0.1) is 0 Å². The lowest BCUT2D eigenvalue weighted by Crippen LogP contribution is -2.39. The van der Waals surface area contributed by atoms with Crippen LogP contribution in [-0.2, 0) is 17.8 Å². The molecule has 0 unspecified atom stereocenters. The van der Waals surface area contributed by atoms with Crippen LogP contribution < -0.4 is 0 Å². The van der Waals surface area contributed by atoms with Gasteiger partial charge in [0.25, 0.3) is 5.78 Å². The van der Waals surface area contributed by atoms with E-state index < -0.39 is 0 Å². The van der Waals surface area contributed by atoms with Gasteiger partial charge < -0.3 is 4.90 Å². The van der Waals surface area contributed by atoms with Gasteiger partial charge in [0.15, 0.2) is 0 Å². The van der Waals surface area contributed by atoms with Crippen LogP contribution >= 0.6 is 0 Å². The Balaban J connectivity index is 1.32. The molecule has 8 heteroatoms. The molecule has 1 saturated heterocycles. The predicted molar refractivity (Wildman–Crippen MR) is 100 cm³/mol. The Morgan fingerprint density at radius 2 is 2.04 bits per heavy atom. The number of hydrogen-bond acceptors (Lipinski definition) is 5. The standard InChI is InChI=1S/C19H25N7O/c1-14-17(15(2)26-19(23-14)20-13-22-26)4-5-18(27)24-10-6-16(7-11-24)12-25-9-3-8-21-25/h3,8-9,13,16H,4-7,10-12H2,1-2H3. The topological polar surface area (TPSA) is 81.2 Å². The normalized spacial score (nSPS) is 15.6. The second kappa shape index (κ2) is 7.46. The van der Waals surface area contributed by atoms with E-state index in [1.54, 1.807) is 4.52 Å². The number of hydrogen-bond donors (Lipinski definition) is 0. The molecule has 0 N–H and O–H groups in total. The Kier molecular flexibility index (Phi) is 4.87. The van der Waals surface area contributed by atoms with E-state index in [1.807, 2.05) is 41.9 Å². The minimum atomic E-state index is 0.227. The van der Waals surface area contributed by atoms with E-state index in [0.717, 1.165) is 49.4 Å². The molecule has 27 heavy (non-hydrogen) atoms. The van der Waals surface area contributed by atoms with Crippen LogP contribution in [0.25, 0.3) is 5.78 Å². The molecule has 1 fully saturated rings. The second-order valence-electron chi connectivity index (χ2n) is 7.29. The van der Waals surface area contributed by atoms with E-state index in [-0.39, 0.29) is 5.91 Å². The maximum absolute atomic E-state index is 12.7. The first-order valence-corrected chi connectivity index (χ1v) is 9.53. The Labute approximate surface area is 158 Å². The van der Waals surface area contributed by atoms with Crippen molar-refractivity contribution in [3.63, 3.8) is 0 Å². The second-order valence-corrected chi connectivity index (χ2v) is 7.29. The molecule has 4 heterocycles. The lowest BCUT2D eigenvalue weighted by atomic mass is 9.96. The van der Waals surface area contributed by atoms with Crippen LogP contribution in [0.1, 0.15) is 36.2 Å². The van der Waals surface area contributed by atoms with E-state index in [1.165, 1.54) is 6.33 Å². The molecular weight excluding hydrogens is 342 g/mol. The molecule has 0 spiro atoms. The summed E-state index contributed by atoms with van der Waals surface area (Å²) in [5.41, 5.74) is 3.04. The van der Waals surface area contributed by atoms with Crippen molar-refractivity contribution in [1.82, 2.24) is 34.3 Å². The number of aryl methyl sites for hydroxylation is 2. The number of carbonyl (C=O) groups is 1. The average Bonchev–Trinajstić information content (AvgIpc) is 3.34. The van der Waals surface area contributed by atoms with Gasteiger partial charge in [0.2, 0.25) is 5.91 Å².